The molecule has 1 fully saturated rings. The van der Waals surface area contributed by atoms with E-state index in [9.17, 15) is 4.79 Å². The summed E-state index contributed by atoms with van der Waals surface area (Å²) in [6.45, 7) is 6.52. The smallest absolute Gasteiger partial charge is 0.255 e. The normalized spacial score (nSPS) is 20.7. The Bertz CT molecular complexity index is 1280. The molecule has 2 atom stereocenters. The van der Waals surface area contributed by atoms with E-state index in [1.165, 1.54) is 0 Å². The first-order valence-corrected chi connectivity index (χ1v) is 13.4. The lowest BCUT2D eigenvalue weighted by Crippen LogP contribution is -2.53. The number of nitrogens with zero attached hydrogens (tertiary/aromatic N) is 2. The molecule has 0 saturated carbocycles. The molecule has 7 heteroatoms. The number of morpholine rings is 1. The number of hydrogen-bond donors (Lipinski definition) is 1. The van der Waals surface area contributed by atoms with Gasteiger partial charge in [-0.25, -0.2) is 4.99 Å². The Labute approximate surface area is 229 Å². The molecule has 39 heavy (non-hydrogen) atoms. The topological polar surface area (TPSA) is 80.6 Å². The fourth-order valence-electron chi connectivity index (χ4n) is 5.04. The van der Waals surface area contributed by atoms with Crippen LogP contribution in [0.5, 0.6) is 5.75 Å². The van der Waals surface area contributed by atoms with Crippen molar-refractivity contribution in [2.45, 2.75) is 24.5 Å². The molecule has 202 valence electrons. The monoisotopic (exact) mass is 526 g/mol. The Balaban J connectivity index is 1.50. The summed E-state index contributed by atoms with van der Waals surface area (Å²) in [5.74, 6) is 1.03. The molecule has 2 heterocycles. The van der Waals surface area contributed by atoms with Crippen LogP contribution in [0.2, 0.25) is 0 Å². The third-order valence-electron chi connectivity index (χ3n) is 7.08. The van der Waals surface area contributed by atoms with E-state index in [1.807, 2.05) is 59.5 Å². The third-order valence-corrected chi connectivity index (χ3v) is 7.08. The minimum absolute atomic E-state index is 0.0817. The van der Waals surface area contributed by atoms with Crippen molar-refractivity contribution in [1.29, 1.82) is 0 Å². The van der Waals surface area contributed by atoms with Gasteiger partial charge >= 0.3 is 0 Å². The zero-order chi connectivity index (χ0) is 27.1. The number of rotatable bonds is 10. The van der Waals surface area contributed by atoms with Gasteiger partial charge in [0.25, 0.3) is 5.91 Å². The number of carbonyl (C=O) groups is 1. The SMILES string of the molecule is C=CC[C@@]1(C(=O)N2CCOCC2)N=C(c2ccc(OCCCO)cc2)O[C@@H]1c1ccc(-c2ccccc2)cc1. The maximum absolute atomic E-state index is 14.2. The molecule has 3 aromatic rings. The maximum Gasteiger partial charge on any atom is 0.255 e. The van der Waals surface area contributed by atoms with E-state index in [1.54, 1.807) is 6.08 Å². The highest BCUT2D eigenvalue weighted by molar-refractivity contribution is 6.01. The molecule has 1 amide bonds. The van der Waals surface area contributed by atoms with Gasteiger partial charge in [0.15, 0.2) is 11.6 Å². The Morgan fingerprint density at radius 2 is 1.67 bits per heavy atom. The first-order valence-electron chi connectivity index (χ1n) is 13.4. The fourth-order valence-corrected chi connectivity index (χ4v) is 5.04. The Morgan fingerprint density at radius 1 is 1.00 bits per heavy atom. The lowest BCUT2D eigenvalue weighted by molar-refractivity contribution is -0.143. The van der Waals surface area contributed by atoms with E-state index in [4.69, 9.17) is 24.3 Å². The van der Waals surface area contributed by atoms with Gasteiger partial charge in [-0.2, -0.15) is 0 Å². The summed E-state index contributed by atoms with van der Waals surface area (Å²) in [6.07, 6.45) is 2.03. The lowest BCUT2D eigenvalue weighted by atomic mass is 9.83. The van der Waals surface area contributed by atoms with Crippen molar-refractivity contribution in [2.75, 3.05) is 39.5 Å². The van der Waals surface area contributed by atoms with Gasteiger partial charge in [-0.1, -0.05) is 60.7 Å². The number of ether oxygens (including phenoxy) is 3. The van der Waals surface area contributed by atoms with Crippen LogP contribution in [-0.4, -0.2) is 66.9 Å². The Morgan fingerprint density at radius 3 is 2.33 bits per heavy atom. The van der Waals surface area contributed by atoms with Crippen LogP contribution in [0.1, 0.15) is 30.1 Å². The van der Waals surface area contributed by atoms with E-state index in [0.29, 0.717) is 57.4 Å². The van der Waals surface area contributed by atoms with Crippen molar-refractivity contribution >= 4 is 11.8 Å². The minimum Gasteiger partial charge on any atom is -0.494 e. The van der Waals surface area contributed by atoms with Crippen LogP contribution in [0.4, 0.5) is 0 Å². The van der Waals surface area contributed by atoms with Crippen molar-refractivity contribution in [3.05, 3.63) is 103 Å². The van der Waals surface area contributed by atoms with Crippen LogP contribution in [0.3, 0.4) is 0 Å². The molecule has 0 aliphatic carbocycles. The number of amides is 1. The fraction of sp³-hybridized carbons (Fsp3) is 0.312. The summed E-state index contributed by atoms with van der Waals surface area (Å²) in [5, 5.41) is 9.00. The second-order valence-corrected chi connectivity index (χ2v) is 9.67. The lowest BCUT2D eigenvalue weighted by Gasteiger charge is -2.36. The molecule has 1 N–H and O–H groups in total. The van der Waals surface area contributed by atoms with Gasteiger partial charge in [0, 0.05) is 38.1 Å². The average Bonchev–Trinajstić information content (AvgIpc) is 3.39. The van der Waals surface area contributed by atoms with Crippen LogP contribution in [-0.2, 0) is 14.3 Å². The van der Waals surface area contributed by atoms with Crippen LogP contribution < -0.4 is 4.74 Å². The molecule has 0 bridgehead atoms. The molecule has 0 aromatic heterocycles. The Kier molecular flexibility index (Phi) is 8.39. The van der Waals surface area contributed by atoms with Gasteiger partial charge in [-0.05, 0) is 41.0 Å². The molecule has 5 rings (SSSR count). The number of hydrogen-bond acceptors (Lipinski definition) is 6. The van der Waals surface area contributed by atoms with E-state index in [0.717, 1.165) is 22.3 Å². The van der Waals surface area contributed by atoms with Crippen molar-refractivity contribution in [3.63, 3.8) is 0 Å². The summed E-state index contributed by atoms with van der Waals surface area (Å²) in [4.78, 5) is 21.0. The van der Waals surface area contributed by atoms with Crippen LogP contribution in [0.25, 0.3) is 11.1 Å². The van der Waals surface area contributed by atoms with Gasteiger partial charge < -0.3 is 24.2 Å². The van der Waals surface area contributed by atoms with Crippen molar-refractivity contribution in [3.8, 4) is 16.9 Å². The van der Waals surface area contributed by atoms with Crippen LogP contribution >= 0.6 is 0 Å². The van der Waals surface area contributed by atoms with Gasteiger partial charge in [0.2, 0.25) is 5.90 Å². The van der Waals surface area contributed by atoms with E-state index in [2.05, 4.69) is 30.8 Å². The summed E-state index contributed by atoms with van der Waals surface area (Å²) in [7, 11) is 0. The molecular weight excluding hydrogens is 492 g/mol. The number of aliphatic imine (C=N–C) groups is 1. The highest BCUT2D eigenvalue weighted by Gasteiger charge is 2.54. The predicted octanol–water partition coefficient (Wildman–Crippen LogP) is 4.81. The Hall–Kier alpha value is -3.94. The third kappa shape index (κ3) is 5.75. The standard InChI is InChI=1S/C32H34N2O5/c1-2-17-32(31(36)34-18-22-37-23-19-34)29(26-11-9-25(10-12-26)24-7-4-3-5-8-24)39-30(33-32)27-13-15-28(16-14-27)38-21-6-20-35/h2-5,7-16,29,35H,1,6,17-23H2/t29-,32-/m1/s1. The number of aliphatic hydroxyl groups excluding tert-OH is 1. The zero-order valence-corrected chi connectivity index (χ0v) is 22.0. The summed E-state index contributed by atoms with van der Waals surface area (Å²) < 4.78 is 17.7. The van der Waals surface area contributed by atoms with Gasteiger partial charge in [-0.15, -0.1) is 6.58 Å². The largest absolute Gasteiger partial charge is 0.494 e. The van der Waals surface area contributed by atoms with Gasteiger partial charge in [0.05, 0.1) is 19.8 Å². The van der Waals surface area contributed by atoms with Crippen molar-refractivity contribution < 1.29 is 24.1 Å². The quantitative estimate of drug-likeness (QED) is 0.303. The van der Waals surface area contributed by atoms with Crippen molar-refractivity contribution in [2.24, 2.45) is 4.99 Å². The van der Waals surface area contributed by atoms with E-state index in [-0.39, 0.29) is 12.5 Å². The first-order chi connectivity index (χ1) is 19.1. The zero-order valence-electron chi connectivity index (χ0n) is 22.0. The molecule has 2 aliphatic rings. The number of benzene rings is 3. The van der Waals surface area contributed by atoms with Crippen LogP contribution in [0, 0.1) is 0 Å². The molecule has 0 unspecified atom stereocenters. The highest BCUT2D eigenvalue weighted by Crippen LogP contribution is 2.44. The molecule has 0 radical (unpaired) electrons. The number of carbonyl (C=O) groups excluding carboxylic acids is 1. The van der Waals surface area contributed by atoms with Gasteiger partial charge in [0.1, 0.15) is 5.75 Å². The molecule has 7 nitrogen and oxygen atoms in total. The summed E-state index contributed by atoms with van der Waals surface area (Å²) in [6, 6.07) is 25.8. The average molecular weight is 527 g/mol. The van der Waals surface area contributed by atoms with Crippen LogP contribution in [0.15, 0.2) is 96.5 Å². The maximum atomic E-state index is 14.2. The van der Waals surface area contributed by atoms with E-state index >= 15 is 0 Å². The van der Waals surface area contributed by atoms with Crippen molar-refractivity contribution in [1.82, 2.24) is 4.90 Å². The predicted molar refractivity (Wildman–Crippen MR) is 151 cm³/mol. The number of aliphatic hydroxyl groups is 1. The highest BCUT2D eigenvalue weighted by atomic mass is 16.5. The molecule has 0 spiro atoms. The first kappa shape index (κ1) is 26.7. The van der Waals surface area contributed by atoms with Gasteiger partial charge in [-0.3, -0.25) is 4.79 Å². The second kappa shape index (κ2) is 12.3. The minimum atomic E-state index is -1.18. The molecule has 1 saturated heterocycles. The summed E-state index contributed by atoms with van der Waals surface area (Å²) in [5.41, 5.74) is 2.66. The molecule has 2 aliphatic heterocycles. The van der Waals surface area contributed by atoms with E-state index < -0.39 is 11.6 Å². The molecular formula is C32H34N2O5. The summed E-state index contributed by atoms with van der Waals surface area (Å²) >= 11 is 0. The second-order valence-electron chi connectivity index (χ2n) is 9.67. The molecule has 3 aromatic carbocycles.